The third-order valence-corrected chi connectivity index (χ3v) is 2.42. The molecular formula is C13H20F2N2. The number of rotatable bonds is 6. The predicted molar refractivity (Wildman–Crippen MR) is 65.8 cm³/mol. The van der Waals surface area contributed by atoms with Crippen LogP contribution in [0, 0.1) is 11.6 Å². The molecule has 1 aromatic carbocycles. The van der Waals surface area contributed by atoms with Crippen LogP contribution in [0.2, 0.25) is 0 Å². The van der Waals surface area contributed by atoms with Gasteiger partial charge in [0.15, 0.2) is 0 Å². The molecular weight excluding hydrogens is 222 g/mol. The van der Waals surface area contributed by atoms with E-state index in [0.29, 0.717) is 18.2 Å². The van der Waals surface area contributed by atoms with Crippen molar-refractivity contribution in [2.45, 2.75) is 26.4 Å². The highest BCUT2D eigenvalue weighted by atomic mass is 19.1. The molecule has 0 aliphatic carbocycles. The van der Waals surface area contributed by atoms with Crippen molar-refractivity contribution in [1.29, 1.82) is 0 Å². The van der Waals surface area contributed by atoms with E-state index in [-0.39, 0.29) is 0 Å². The first-order valence-electron chi connectivity index (χ1n) is 5.84. The summed E-state index contributed by atoms with van der Waals surface area (Å²) in [5.74, 6) is -1.04. The van der Waals surface area contributed by atoms with Crippen LogP contribution in [-0.4, -0.2) is 31.1 Å². The molecule has 0 atom stereocenters. The van der Waals surface area contributed by atoms with Crippen LogP contribution in [-0.2, 0) is 6.54 Å². The molecule has 0 aliphatic heterocycles. The van der Waals surface area contributed by atoms with E-state index in [4.69, 9.17) is 0 Å². The Balaban J connectivity index is 2.42. The van der Waals surface area contributed by atoms with Crippen LogP contribution >= 0.6 is 0 Å². The molecule has 0 amide bonds. The van der Waals surface area contributed by atoms with Crippen LogP contribution in [0.4, 0.5) is 8.78 Å². The Morgan fingerprint density at radius 3 is 2.29 bits per heavy atom. The molecule has 0 unspecified atom stereocenters. The molecule has 4 heteroatoms. The molecule has 0 radical (unpaired) electrons. The van der Waals surface area contributed by atoms with Crippen LogP contribution in [0.3, 0.4) is 0 Å². The number of hydrogen-bond acceptors (Lipinski definition) is 2. The first-order chi connectivity index (χ1) is 7.97. The zero-order chi connectivity index (χ0) is 12.8. The molecule has 2 nitrogen and oxygen atoms in total. The summed E-state index contributed by atoms with van der Waals surface area (Å²) >= 11 is 0. The minimum absolute atomic E-state index is 0.454. The molecule has 0 bridgehead atoms. The molecule has 0 heterocycles. The van der Waals surface area contributed by atoms with E-state index in [9.17, 15) is 8.78 Å². The summed E-state index contributed by atoms with van der Waals surface area (Å²) < 4.78 is 25.9. The molecule has 1 N–H and O–H groups in total. The van der Waals surface area contributed by atoms with E-state index < -0.39 is 11.6 Å². The number of nitrogens with one attached hydrogen (secondary N) is 1. The molecule has 0 spiro atoms. The number of hydrogen-bond donors (Lipinski definition) is 1. The van der Waals surface area contributed by atoms with E-state index in [1.165, 1.54) is 12.1 Å². The Morgan fingerprint density at radius 1 is 1.18 bits per heavy atom. The molecule has 17 heavy (non-hydrogen) atoms. The van der Waals surface area contributed by atoms with Gasteiger partial charge in [0.2, 0.25) is 0 Å². The fourth-order valence-corrected chi connectivity index (χ4v) is 1.64. The van der Waals surface area contributed by atoms with Gasteiger partial charge in [0.05, 0.1) is 0 Å². The van der Waals surface area contributed by atoms with Crippen LogP contribution in [0.15, 0.2) is 18.2 Å². The van der Waals surface area contributed by atoms with Gasteiger partial charge in [-0.15, -0.1) is 0 Å². The lowest BCUT2D eigenvalue weighted by Gasteiger charge is -2.18. The number of likely N-dealkylation sites (N-methyl/N-ethyl adjacent to an activating group) is 1. The van der Waals surface area contributed by atoms with Gasteiger partial charge < -0.3 is 10.2 Å². The monoisotopic (exact) mass is 242 g/mol. The second kappa shape index (κ2) is 6.67. The lowest BCUT2D eigenvalue weighted by atomic mass is 10.2. The number of halogens is 2. The second-order valence-electron chi connectivity index (χ2n) is 4.62. The fraction of sp³-hybridized carbons (Fsp3) is 0.538. The third kappa shape index (κ3) is 5.75. The van der Waals surface area contributed by atoms with E-state index in [1.54, 1.807) is 0 Å². The van der Waals surface area contributed by atoms with Crippen molar-refractivity contribution in [2.75, 3.05) is 20.1 Å². The summed E-state index contributed by atoms with van der Waals surface area (Å²) in [5, 5.41) is 3.30. The maximum absolute atomic E-state index is 13.0. The fourth-order valence-electron chi connectivity index (χ4n) is 1.64. The van der Waals surface area contributed by atoms with Gasteiger partial charge in [0, 0.05) is 31.7 Å². The normalized spacial score (nSPS) is 11.5. The first-order valence-corrected chi connectivity index (χ1v) is 5.84. The number of nitrogens with zero attached hydrogens (tertiary/aromatic N) is 1. The van der Waals surface area contributed by atoms with Gasteiger partial charge in [-0.3, -0.25) is 0 Å². The maximum Gasteiger partial charge on any atom is 0.126 e. The number of benzene rings is 1. The Hall–Kier alpha value is -1.00. The van der Waals surface area contributed by atoms with E-state index >= 15 is 0 Å². The van der Waals surface area contributed by atoms with Gasteiger partial charge in [-0.1, -0.05) is 13.8 Å². The second-order valence-corrected chi connectivity index (χ2v) is 4.62. The van der Waals surface area contributed by atoms with Crippen molar-refractivity contribution >= 4 is 0 Å². The maximum atomic E-state index is 13.0. The summed E-state index contributed by atoms with van der Waals surface area (Å²) in [7, 11) is 1.94. The van der Waals surface area contributed by atoms with Crippen LogP contribution in [0.25, 0.3) is 0 Å². The van der Waals surface area contributed by atoms with E-state index in [2.05, 4.69) is 19.2 Å². The molecule has 1 aromatic rings. The smallest absolute Gasteiger partial charge is 0.126 e. The van der Waals surface area contributed by atoms with Gasteiger partial charge in [0.25, 0.3) is 0 Å². The van der Waals surface area contributed by atoms with E-state index in [0.717, 1.165) is 19.2 Å². The quantitative estimate of drug-likeness (QED) is 0.824. The van der Waals surface area contributed by atoms with Crippen LogP contribution < -0.4 is 5.32 Å². The lowest BCUT2D eigenvalue weighted by Crippen LogP contribution is -2.32. The Labute approximate surface area is 102 Å². The standard InChI is InChI=1S/C13H20F2N2/c1-10(2)16-4-5-17(3)9-11-6-12(14)8-13(15)7-11/h6-8,10,16H,4-5,9H2,1-3H3. The molecule has 0 saturated carbocycles. The Kier molecular flexibility index (Phi) is 5.51. The Bertz CT molecular complexity index is 333. The zero-order valence-corrected chi connectivity index (χ0v) is 10.6. The topological polar surface area (TPSA) is 15.3 Å². The summed E-state index contributed by atoms with van der Waals surface area (Å²) in [6.45, 7) is 6.43. The largest absolute Gasteiger partial charge is 0.313 e. The van der Waals surface area contributed by atoms with Gasteiger partial charge in [0.1, 0.15) is 11.6 Å². The Morgan fingerprint density at radius 2 is 1.76 bits per heavy atom. The third-order valence-electron chi connectivity index (χ3n) is 2.42. The lowest BCUT2D eigenvalue weighted by molar-refractivity contribution is 0.319. The van der Waals surface area contributed by atoms with Crippen molar-refractivity contribution in [3.63, 3.8) is 0 Å². The summed E-state index contributed by atoms with van der Waals surface area (Å²) in [5.41, 5.74) is 0.662. The predicted octanol–water partition coefficient (Wildman–Crippen LogP) is 2.39. The molecule has 0 saturated heterocycles. The van der Waals surface area contributed by atoms with Crippen LogP contribution in [0.5, 0.6) is 0 Å². The minimum Gasteiger partial charge on any atom is -0.313 e. The van der Waals surface area contributed by atoms with Gasteiger partial charge in [-0.2, -0.15) is 0 Å². The SMILES string of the molecule is CC(C)NCCN(C)Cc1cc(F)cc(F)c1. The average molecular weight is 242 g/mol. The molecule has 0 aromatic heterocycles. The highest BCUT2D eigenvalue weighted by molar-refractivity contribution is 5.17. The highest BCUT2D eigenvalue weighted by Gasteiger charge is 2.04. The van der Waals surface area contributed by atoms with Crippen molar-refractivity contribution in [1.82, 2.24) is 10.2 Å². The summed E-state index contributed by atoms with van der Waals surface area (Å²) in [6, 6.07) is 4.09. The van der Waals surface area contributed by atoms with Gasteiger partial charge in [-0.05, 0) is 24.7 Å². The van der Waals surface area contributed by atoms with Crippen LogP contribution in [0.1, 0.15) is 19.4 Å². The molecule has 0 fully saturated rings. The van der Waals surface area contributed by atoms with Crippen molar-refractivity contribution < 1.29 is 8.78 Å². The average Bonchev–Trinajstić information content (AvgIpc) is 2.14. The first kappa shape index (κ1) is 14.1. The van der Waals surface area contributed by atoms with Crippen molar-refractivity contribution in [3.05, 3.63) is 35.4 Å². The van der Waals surface area contributed by atoms with Gasteiger partial charge >= 0.3 is 0 Å². The zero-order valence-electron chi connectivity index (χ0n) is 10.6. The van der Waals surface area contributed by atoms with Crippen molar-refractivity contribution in [2.24, 2.45) is 0 Å². The van der Waals surface area contributed by atoms with E-state index in [1.807, 2.05) is 11.9 Å². The molecule has 1 rings (SSSR count). The minimum atomic E-state index is -0.520. The van der Waals surface area contributed by atoms with Crippen molar-refractivity contribution in [3.8, 4) is 0 Å². The molecule has 96 valence electrons. The summed E-state index contributed by atoms with van der Waals surface area (Å²) in [4.78, 5) is 2.03. The van der Waals surface area contributed by atoms with Gasteiger partial charge in [-0.25, -0.2) is 8.78 Å². The molecule has 0 aliphatic rings. The highest BCUT2D eigenvalue weighted by Crippen LogP contribution is 2.09. The summed E-state index contributed by atoms with van der Waals surface area (Å²) in [6.07, 6.45) is 0.